The molecule has 0 fully saturated rings. The summed E-state index contributed by atoms with van der Waals surface area (Å²) in [4.78, 5) is 7.63. The Labute approximate surface area is 165 Å². The number of aromatic nitrogens is 1. The molecule has 0 unspecified atom stereocenters. The summed E-state index contributed by atoms with van der Waals surface area (Å²) in [5, 5.41) is 4.32. The van der Waals surface area contributed by atoms with E-state index < -0.39 is 11.9 Å². The summed E-state index contributed by atoms with van der Waals surface area (Å²) in [5.74, 6) is 0.161. The van der Waals surface area contributed by atoms with E-state index in [1.54, 1.807) is 0 Å². The van der Waals surface area contributed by atoms with Crippen molar-refractivity contribution < 1.29 is 13.2 Å². The highest BCUT2D eigenvalue weighted by Crippen LogP contribution is 2.30. The zero-order valence-electron chi connectivity index (χ0n) is 13.9. The summed E-state index contributed by atoms with van der Waals surface area (Å²) in [6, 6.07) is 6.00. The van der Waals surface area contributed by atoms with Gasteiger partial charge in [-0.3, -0.25) is 0 Å². The number of aliphatic imine (C=N–C) groups is 1. The van der Waals surface area contributed by atoms with Crippen molar-refractivity contribution in [1.82, 2.24) is 4.98 Å². The molecule has 0 radical (unpaired) electrons. The zero-order chi connectivity index (χ0) is 17.7. The van der Waals surface area contributed by atoms with Gasteiger partial charge in [0.25, 0.3) is 0 Å². The average molecular weight is 484 g/mol. The third-order valence-electron chi connectivity index (χ3n) is 3.48. The Morgan fingerprint density at radius 3 is 2.32 bits per heavy atom. The number of aryl methyl sites for hydroxylation is 2. The second-order valence-electron chi connectivity index (χ2n) is 5.11. The molecule has 1 aromatic heterocycles. The first-order valence-electron chi connectivity index (χ1n) is 7.54. The number of nitrogens with two attached hydrogens (primary N) is 1. The molecule has 0 aliphatic heterocycles. The molecule has 0 spiro atoms. The van der Waals surface area contributed by atoms with Crippen LogP contribution in [0, 0.1) is 0 Å². The minimum Gasteiger partial charge on any atom is -0.370 e. The molecular formula is C16H20F3IN4S. The van der Waals surface area contributed by atoms with E-state index in [9.17, 15) is 13.2 Å². The molecule has 9 heteroatoms. The maximum atomic E-state index is 12.5. The molecule has 0 amide bonds. The van der Waals surface area contributed by atoms with Crippen LogP contribution in [0.15, 0.2) is 28.6 Å². The predicted molar refractivity (Wildman–Crippen MR) is 107 cm³/mol. The Kier molecular flexibility index (Phi) is 8.13. The SMILES string of the molecule is CCc1cccc(CC)c1NC(N)=NCc1nc(C(F)(F)F)cs1.I. The molecule has 0 aliphatic carbocycles. The van der Waals surface area contributed by atoms with Crippen LogP contribution in [0.25, 0.3) is 0 Å². The van der Waals surface area contributed by atoms with E-state index in [2.05, 4.69) is 15.3 Å². The lowest BCUT2D eigenvalue weighted by molar-refractivity contribution is -0.140. The molecule has 0 bridgehead atoms. The van der Waals surface area contributed by atoms with E-state index in [4.69, 9.17) is 5.73 Å². The Morgan fingerprint density at radius 1 is 1.24 bits per heavy atom. The quantitative estimate of drug-likeness (QED) is 0.363. The van der Waals surface area contributed by atoms with Gasteiger partial charge >= 0.3 is 6.18 Å². The molecular weight excluding hydrogens is 464 g/mol. The molecule has 0 aliphatic rings. The minimum atomic E-state index is -4.43. The number of rotatable bonds is 5. The van der Waals surface area contributed by atoms with Gasteiger partial charge in [-0.15, -0.1) is 35.3 Å². The van der Waals surface area contributed by atoms with Gasteiger partial charge in [-0.25, -0.2) is 9.98 Å². The highest BCUT2D eigenvalue weighted by atomic mass is 127. The number of benzene rings is 1. The smallest absolute Gasteiger partial charge is 0.370 e. The topological polar surface area (TPSA) is 63.3 Å². The maximum Gasteiger partial charge on any atom is 0.434 e. The summed E-state index contributed by atoms with van der Waals surface area (Å²) in [7, 11) is 0. The maximum absolute atomic E-state index is 12.5. The number of para-hydroxylation sites is 1. The first-order chi connectivity index (χ1) is 11.3. The van der Waals surface area contributed by atoms with E-state index in [0.717, 1.165) is 46.4 Å². The number of hydrogen-bond donors (Lipinski definition) is 2. The second kappa shape index (κ2) is 9.37. The van der Waals surface area contributed by atoms with Crippen LogP contribution in [-0.4, -0.2) is 10.9 Å². The summed E-state index contributed by atoms with van der Waals surface area (Å²) < 4.78 is 37.6. The van der Waals surface area contributed by atoms with Crippen LogP contribution < -0.4 is 11.1 Å². The molecule has 2 aromatic rings. The molecule has 2 rings (SSSR count). The van der Waals surface area contributed by atoms with Crippen LogP contribution in [-0.2, 0) is 25.6 Å². The van der Waals surface area contributed by atoms with Gasteiger partial charge in [0.2, 0.25) is 0 Å². The molecule has 1 aromatic carbocycles. The van der Waals surface area contributed by atoms with E-state index >= 15 is 0 Å². The first kappa shape index (κ1) is 21.7. The predicted octanol–water partition coefficient (Wildman–Crippen LogP) is 4.83. The first-order valence-corrected chi connectivity index (χ1v) is 8.42. The number of nitrogens with zero attached hydrogens (tertiary/aromatic N) is 2. The molecule has 25 heavy (non-hydrogen) atoms. The van der Waals surface area contributed by atoms with Crippen molar-refractivity contribution >= 4 is 47.0 Å². The summed E-state index contributed by atoms with van der Waals surface area (Å²) in [6.07, 6.45) is -2.76. The van der Waals surface area contributed by atoms with Crippen LogP contribution in [0.2, 0.25) is 0 Å². The highest BCUT2D eigenvalue weighted by Gasteiger charge is 2.33. The van der Waals surface area contributed by atoms with Gasteiger partial charge in [-0.05, 0) is 24.0 Å². The third-order valence-corrected chi connectivity index (χ3v) is 4.31. The van der Waals surface area contributed by atoms with Crippen molar-refractivity contribution in [3.8, 4) is 0 Å². The highest BCUT2D eigenvalue weighted by molar-refractivity contribution is 14.0. The van der Waals surface area contributed by atoms with Gasteiger partial charge in [0.15, 0.2) is 11.7 Å². The number of hydrogen-bond acceptors (Lipinski definition) is 3. The van der Waals surface area contributed by atoms with E-state index in [0.29, 0.717) is 0 Å². The van der Waals surface area contributed by atoms with Crippen molar-refractivity contribution in [2.24, 2.45) is 10.7 Å². The number of guanidine groups is 1. The lowest BCUT2D eigenvalue weighted by Gasteiger charge is -2.14. The van der Waals surface area contributed by atoms with E-state index in [-0.39, 0.29) is 41.5 Å². The average Bonchev–Trinajstić information content (AvgIpc) is 3.02. The molecule has 138 valence electrons. The van der Waals surface area contributed by atoms with E-state index in [1.807, 2.05) is 32.0 Å². The third kappa shape index (κ3) is 5.84. The second-order valence-corrected chi connectivity index (χ2v) is 6.05. The van der Waals surface area contributed by atoms with Gasteiger partial charge in [0.05, 0.1) is 6.54 Å². The number of alkyl halides is 3. The Bertz CT molecular complexity index is 706. The molecule has 0 atom stereocenters. The van der Waals surface area contributed by atoms with Gasteiger partial charge in [-0.1, -0.05) is 32.0 Å². The van der Waals surface area contributed by atoms with Gasteiger partial charge in [-0.2, -0.15) is 13.2 Å². The monoisotopic (exact) mass is 484 g/mol. The van der Waals surface area contributed by atoms with Crippen LogP contribution in [0.4, 0.5) is 18.9 Å². The summed E-state index contributed by atoms with van der Waals surface area (Å²) in [6.45, 7) is 4.10. The van der Waals surface area contributed by atoms with Crippen LogP contribution in [0.1, 0.15) is 35.7 Å². The Balaban J connectivity index is 0.00000312. The molecule has 4 nitrogen and oxygen atoms in total. The zero-order valence-corrected chi connectivity index (χ0v) is 17.0. The van der Waals surface area contributed by atoms with Crippen LogP contribution in [0.3, 0.4) is 0 Å². The van der Waals surface area contributed by atoms with Crippen LogP contribution >= 0.6 is 35.3 Å². The van der Waals surface area contributed by atoms with Crippen molar-refractivity contribution in [2.75, 3.05) is 5.32 Å². The molecule has 0 saturated heterocycles. The van der Waals surface area contributed by atoms with Gasteiger partial charge in [0.1, 0.15) is 5.01 Å². The van der Waals surface area contributed by atoms with Gasteiger partial charge in [0, 0.05) is 11.1 Å². The lowest BCUT2D eigenvalue weighted by atomic mass is 10.0. The fourth-order valence-corrected chi connectivity index (χ4v) is 2.96. The minimum absolute atomic E-state index is 0. The van der Waals surface area contributed by atoms with E-state index in [1.165, 1.54) is 0 Å². The standard InChI is InChI=1S/C16H19F3N4S.HI/c1-3-10-6-5-7-11(4-2)14(10)23-15(20)21-8-13-22-12(9-24-13)16(17,18)19;/h5-7,9H,3-4,8H2,1-2H3,(H3,20,21,23);1H. The molecule has 1 heterocycles. The Morgan fingerprint density at radius 2 is 1.84 bits per heavy atom. The normalized spacial score (nSPS) is 12.0. The fraction of sp³-hybridized carbons (Fsp3) is 0.375. The lowest BCUT2D eigenvalue weighted by Crippen LogP contribution is -2.24. The number of thiazole rings is 1. The van der Waals surface area contributed by atoms with Crippen molar-refractivity contribution in [3.63, 3.8) is 0 Å². The van der Waals surface area contributed by atoms with Crippen LogP contribution in [0.5, 0.6) is 0 Å². The van der Waals surface area contributed by atoms with Crippen molar-refractivity contribution in [2.45, 2.75) is 39.4 Å². The molecule has 0 saturated carbocycles. The van der Waals surface area contributed by atoms with Crippen molar-refractivity contribution in [1.29, 1.82) is 0 Å². The number of anilines is 1. The summed E-state index contributed by atoms with van der Waals surface area (Å²) in [5.41, 5.74) is 8.13. The van der Waals surface area contributed by atoms with Crippen molar-refractivity contribution in [3.05, 3.63) is 45.4 Å². The molecule has 3 N–H and O–H groups in total. The number of nitrogens with one attached hydrogen (secondary N) is 1. The Hall–Kier alpha value is -1.36. The largest absolute Gasteiger partial charge is 0.434 e. The fourth-order valence-electron chi connectivity index (χ4n) is 2.24. The van der Waals surface area contributed by atoms with Gasteiger partial charge < -0.3 is 11.1 Å². The summed E-state index contributed by atoms with van der Waals surface area (Å²) >= 11 is 0.918. The number of halogens is 4.